The van der Waals surface area contributed by atoms with Gasteiger partial charge >= 0.3 is 6.36 Å². The molecule has 1 atom stereocenters. The Morgan fingerprint density at radius 1 is 1.27 bits per heavy atom. The first-order valence-corrected chi connectivity index (χ1v) is 8.16. The Kier molecular flexibility index (Phi) is 5.17. The second-order valence-corrected chi connectivity index (χ2v) is 6.14. The summed E-state index contributed by atoms with van der Waals surface area (Å²) in [6, 6.07) is 6.03. The van der Waals surface area contributed by atoms with E-state index in [0.29, 0.717) is 31.1 Å². The van der Waals surface area contributed by atoms with E-state index < -0.39 is 6.36 Å². The minimum absolute atomic E-state index is 0.0294. The highest BCUT2D eigenvalue weighted by atomic mass is 19.4. The lowest BCUT2D eigenvalue weighted by Crippen LogP contribution is -2.31. The highest BCUT2D eigenvalue weighted by molar-refractivity contribution is 5.51. The number of aromatic nitrogens is 2. The molecule has 2 aromatic rings. The molecular weight excluding hydrogens is 349 g/mol. The molecule has 1 aromatic carbocycles. The van der Waals surface area contributed by atoms with Crippen LogP contribution in [0.3, 0.4) is 0 Å². The average Bonchev–Trinajstić information content (AvgIpc) is 2.60. The zero-order valence-corrected chi connectivity index (χ0v) is 14.1. The van der Waals surface area contributed by atoms with Crippen molar-refractivity contribution >= 4 is 11.6 Å². The van der Waals surface area contributed by atoms with Crippen LogP contribution in [0.1, 0.15) is 18.1 Å². The monoisotopic (exact) mass is 368 g/mol. The quantitative estimate of drug-likeness (QED) is 0.846. The summed E-state index contributed by atoms with van der Waals surface area (Å²) in [5, 5.41) is 12.2. The maximum atomic E-state index is 12.4. The molecule has 9 heteroatoms. The first kappa shape index (κ1) is 18.2. The summed E-state index contributed by atoms with van der Waals surface area (Å²) in [4.78, 5) is 10.3. The van der Waals surface area contributed by atoms with Gasteiger partial charge in [0.2, 0.25) is 0 Å². The molecule has 26 heavy (non-hydrogen) atoms. The Labute approximate surface area is 148 Å². The Balaban J connectivity index is 1.77. The molecule has 140 valence electrons. The van der Waals surface area contributed by atoms with Gasteiger partial charge in [-0.3, -0.25) is 0 Å². The van der Waals surface area contributed by atoms with E-state index in [9.17, 15) is 13.2 Å². The maximum absolute atomic E-state index is 12.4. The van der Waals surface area contributed by atoms with Crippen molar-refractivity contribution in [1.29, 1.82) is 0 Å². The zero-order valence-electron chi connectivity index (χ0n) is 14.1. The molecule has 0 radical (unpaired) electrons. The molecule has 0 saturated carbocycles. The van der Waals surface area contributed by atoms with Gasteiger partial charge in [-0.2, -0.15) is 0 Å². The summed E-state index contributed by atoms with van der Waals surface area (Å²) in [6.07, 6.45) is -2.60. The first-order chi connectivity index (χ1) is 12.3. The number of aliphatic hydroxyl groups excluding tert-OH is 1. The minimum Gasteiger partial charge on any atom is -0.406 e. The molecule has 0 fully saturated rings. The van der Waals surface area contributed by atoms with Crippen molar-refractivity contribution in [2.45, 2.75) is 32.3 Å². The van der Waals surface area contributed by atoms with Crippen molar-refractivity contribution in [1.82, 2.24) is 9.97 Å². The van der Waals surface area contributed by atoms with Crippen molar-refractivity contribution in [3.05, 3.63) is 41.7 Å². The van der Waals surface area contributed by atoms with Crippen molar-refractivity contribution in [2.75, 3.05) is 23.4 Å². The van der Waals surface area contributed by atoms with Crippen LogP contribution in [0, 0.1) is 0 Å². The molecule has 6 nitrogen and oxygen atoms in total. The zero-order chi connectivity index (χ0) is 18.7. The summed E-state index contributed by atoms with van der Waals surface area (Å²) in [7, 11) is 0. The second kappa shape index (κ2) is 7.36. The number of fused-ring (bicyclic) bond motifs is 1. The average molecular weight is 368 g/mol. The lowest BCUT2D eigenvalue weighted by molar-refractivity contribution is -0.274. The Bertz CT molecular complexity index is 770. The van der Waals surface area contributed by atoms with E-state index in [1.165, 1.54) is 18.5 Å². The van der Waals surface area contributed by atoms with E-state index in [1.54, 1.807) is 12.1 Å². The number of benzene rings is 1. The molecule has 2 heterocycles. The minimum atomic E-state index is -4.71. The molecule has 0 saturated heterocycles. The molecule has 0 bridgehead atoms. The van der Waals surface area contributed by atoms with Gasteiger partial charge in [0.05, 0.1) is 6.61 Å². The lowest BCUT2D eigenvalue weighted by atomic mass is 9.99. The number of rotatable bonds is 5. The number of hydrogen-bond donors (Lipinski definition) is 2. The van der Waals surface area contributed by atoms with Gasteiger partial charge in [0.15, 0.2) is 0 Å². The van der Waals surface area contributed by atoms with E-state index >= 15 is 0 Å². The van der Waals surface area contributed by atoms with E-state index in [2.05, 4.69) is 20.0 Å². The summed E-state index contributed by atoms with van der Waals surface area (Å²) >= 11 is 0. The summed E-state index contributed by atoms with van der Waals surface area (Å²) in [5.41, 5.74) is 1.77. The smallest absolute Gasteiger partial charge is 0.406 e. The van der Waals surface area contributed by atoms with E-state index in [4.69, 9.17) is 5.11 Å². The fourth-order valence-corrected chi connectivity index (χ4v) is 2.82. The molecule has 0 aliphatic carbocycles. The molecule has 0 amide bonds. The van der Waals surface area contributed by atoms with Crippen LogP contribution in [0.15, 0.2) is 30.6 Å². The van der Waals surface area contributed by atoms with Gasteiger partial charge in [-0.1, -0.05) is 6.07 Å². The number of ether oxygens (including phenoxy) is 1. The molecule has 2 N–H and O–H groups in total. The third-order valence-corrected chi connectivity index (χ3v) is 4.07. The molecule has 1 aromatic heterocycles. The second-order valence-electron chi connectivity index (χ2n) is 6.14. The lowest BCUT2D eigenvalue weighted by Gasteiger charge is -2.30. The largest absolute Gasteiger partial charge is 0.573 e. The summed E-state index contributed by atoms with van der Waals surface area (Å²) in [6.45, 7) is 2.91. The fraction of sp³-hybridized carbons (Fsp3) is 0.412. The molecule has 0 unspecified atom stereocenters. The van der Waals surface area contributed by atoms with Crippen molar-refractivity contribution in [2.24, 2.45) is 0 Å². The van der Waals surface area contributed by atoms with Gasteiger partial charge in [0.25, 0.3) is 0 Å². The molecule has 3 rings (SSSR count). The standard InChI is InChI=1S/C17H19F3N4O2/c1-11(9-25)23-15-7-16(22-10-21-15)24-5-4-12-2-3-14(6-13(12)8-24)26-17(18,19)20/h2-3,6-7,10-11,25H,4-5,8-9H2,1H3,(H,21,22,23)/t11-/m1/s1. The predicted octanol–water partition coefficient (Wildman–Crippen LogP) is 2.73. The number of alkyl halides is 3. The van der Waals surface area contributed by atoms with Gasteiger partial charge in [0, 0.05) is 25.2 Å². The van der Waals surface area contributed by atoms with Crippen LogP contribution in [0.25, 0.3) is 0 Å². The number of hydrogen-bond acceptors (Lipinski definition) is 6. The third-order valence-electron chi connectivity index (χ3n) is 4.07. The van der Waals surface area contributed by atoms with Gasteiger partial charge < -0.3 is 20.1 Å². The van der Waals surface area contributed by atoms with Gasteiger partial charge in [-0.15, -0.1) is 13.2 Å². The van der Waals surface area contributed by atoms with E-state index in [-0.39, 0.29) is 18.4 Å². The van der Waals surface area contributed by atoms with Crippen LogP contribution in [0.4, 0.5) is 24.8 Å². The van der Waals surface area contributed by atoms with Crippen LogP contribution in [-0.2, 0) is 13.0 Å². The number of anilines is 2. The fourth-order valence-electron chi connectivity index (χ4n) is 2.82. The first-order valence-electron chi connectivity index (χ1n) is 8.16. The molecule has 1 aliphatic heterocycles. The maximum Gasteiger partial charge on any atom is 0.573 e. The predicted molar refractivity (Wildman–Crippen MR) is 90.1 cm³/mol. The number of halogens is 3. The van der Waals surface area contributed by atoms with Gasteiger partial charge in [0.1, 0.15) is 23.7 Å². The molecule has 1 aliphatic rings. The van der Waals surface area contributed by atoms with Crippen molar-refractivity contribution in [3.63, 3.8) is 0 Å². The van der Waals surface area contributed by atoms with Crippen LogP contribution in [-0.4, -0.2) is 40.6 Å². The third kappa shape index (κ3) is 4.54. The summed E-state index contributed by atoms with van der Waals surface area (Å²) in [5.74, 6) is 1.02. The number of nitrogens with one attached hydrogen (secondary N) is 1. The van der Waals surface area contributed by atoms with Crippen LogP contribution < -0.4 is 15.0 Å². The Hall–Kier alpha value is -2.55. The highest BCUT2D eigenvalue weighted by Crippen LogP contribution is 2.29. The summed E-state index contributed by atoms with van der Waals surface area (Å²) < 4.78 is 41.3. The Morgan fingerprint density at radius 2 is 2.08 bits per heavy atom. The normalized spacial score (nSPS) is 15.3. The Morgan fingerprint density at radius 3 is 2.81 bits per heavy atom. The van der Waals surface area contributed by atoms with Crippen LogP contribution in [0.5, 0.6) is 5.75 Å². The molecule has 0 spiro atoms. The SMILES string of the molecule is C[C@H](CO)Nc1cc(N2CCc3ccc(OC(F)(F)F)cc3C2)ncn1. The van der Waals surface area contributed by atoms with Crippen molar-refractivity contribution in [3.8, 4) is 5.75 Å². The highest BCUT2D eigenvalue weighted by Gasteiger charge is 2.31. The molecular formula is C17H19F3N4O2. The van der Waals surface area contributed by atoms with Gasteiger partial charge in [-0.25, -0.2) is 9.97 Å². The van der Waals surface area contributed by atoms with E-state index in [1.807, 2.05) is 11.8 Å². The van der Waals surface area contributed by atoms with E-state index in [0.717, 1.165) is 11.1 Å². The number of nitrogens with zero attached hydrogens (tertiary/aromatic N) is 3. The van der Waals surface area contributed by atoms with Crippen LogP contribution in [0.2, 0.25) is 0 Å². The van der Waals surface area contributed by atoms with Crippen LogP contribution >= 0.6 is 0 Å². The number of aliphatic hydroxyl groups is 1. The van der Waals surface area contributed by atoms with Crippen molar-refractivity contribution < 1.29 is 23.0 Å². The van der Waals surface area contributed by atoms with Gasteiger partial charge in [-0.05, 0) is 36.6 Å². The topological polar surface area (TPSA) is 70.5 Å².